The zero-order valence-electron chi connectivity index (χ0n) is 21.4. The number of nitriles is 1. The number of thioether (sulfide) groups is 1. The minimum Gasteiger partial charge on any atom is -0.497 e. The molecule has 4 rings (SSSR count). The van der Waals surface area contributed by atoms with Gasteiger partial charge in [-0.2, -0.15) is 5.26 Å². The monoisotopic (exact) mass is 525 g/mol. The summed E-state index contributed by atoms with van der Waals surface area (Å²) < 4.78 is 15.8. The van der Waals surface area contributed by atoms with Gasteiger partial charge in [0.15, 0.2) is 0 Å². The van der Waals surface area contributed by atoms with Gasteiger partial charge in [-0.3, -0.25) is 4.79 Å². The molecule has 0 unspecified atom stereocenters. The molecule has 0 radical (unpaired) electrons. The summed E-state index contributed by atoms with van der Waals surface area (Å²) >= 11 is 1.38. The number of ether oxygens (including phenoxy) is 3. The van der Waals surface area contributed by atoms with Crippen molar-refractivity contribution in [1.29, 1.82) is 5.26 Å². The summed E-state index contributed by atoms with van der Waals surface area (Å²) in [5, 5.41) is 13.6. The molecule has 8 heteroatoms. The Labute approximate surface area is 226 Å². The van der Waals surface area contributed by atoms with Gasteiger partial charge in [-0.05, 0) is 23.8 Å². The molecule has 0 bridgehead atoms. The van der Waals surface area contributed by atoms with E-state index >= 15 is 0 Å². The summed E-state index contributed by atoms with van der Waals surface area (Å²) in [6.07, 6.45) is 0.226. The van der Waals surface area contributed by atoms with Gasteiger partial charge in [0.2, 0.25) is 5.91 Å². The zero-order valence-corrected chi connectivity index (χ0v) is 22.2. The van der Waals surface area contributed by atoms with Crippen LogP contribution in [0.15, 0.2) is 83.9 Å². The van der Waals surface area contributed by atoms with E-state index in [-0.39, 0.29) is 12.3 Å². The molecule has 0 atom stereocenters. The fraction of sp³-hybridized carbons (Fsp3) is 0.167. The van der Waals surface area contributed by atoms with Crippen LogP contribution in [-0.4, -0.2) is 38.0 Å². The molecule has 1 amide bonds. The minimum absolute atomic E-state index is 0.166. The topological polar surface area (TPSA) is 93.5 Å². The predicted octanol–water partition coefficient (Wildman–Crippen LogP) is 6.43. The summed E-state index contributed by atoms with van der Waals surface area (Å²) in [7, 11) is 4.73. The van der Waals surface area contributed by atoms with Gasteiger partial charge in [-0.1, -0.05) is 42.5 Å². The molecular formula is C30H27N3O4S. The number of methoxy groups -OCH3 is 3. The number of benzene rings is 3. The van der Waals surface area contributed by atoms with Crippen molar-refractivity contribution in [2.75, 3.05) is 32.4 Å². The summed E-state index contributed by atoms with van der Waals surface area (Å²) in [6.45, 7) is 0. The van der Waals surface area contributed by atoms with Crippen LogP contribution in [0.5, 0.6) is 17.2 Å². The Morgan fingerprint density at radius 1 is 0.868 bits per heavy atom. The molecule has 1 aromatic heterocycles. The van der Waals surface area contributed by atoms with Crippen molar-refractivity contribution < 1.29 is 19.0 Å². The Bertz CT molecular complexity index is 1430. The molecule has 0 saturated carbocycles. The molecule has 0 aliphatic carbocycles. The van der Waals surface area contributed by atoms with Gasteiger partial charge in [0, 0.05) is 47.2 Å². The van der Waals surface area contributed by atoms with Gasteiger partial charge in [-0.25, -0.2) is 4.98 Å². The first kappa shape index (κ1) is 26.6. The second kappa shape index (κ2) is 12.7. The number of carbonyl (C=O) groups is 1. The van der Waals surface area contributed by atoms with Crippen molar-refractivity contribution in [2.45, 2.75) is 11.4 Å². The van der Waals surface area contributed by atoms with Crippen LogP contribution in [0.3, 0.4) is 0 Å². The fourth-order valence-electron chi connectivity index (χ4n) is 3.83. The van der Waals surface area contributed by atoms with Crippen LogP contribution in [0.25, 0.3) is 22.4 Å². The third-order valence-electron chi connectivity index (χ3n) is 5.77. The number of amides is 1. The Kier molecular flexibility index (Phi) is 8.85. The summed E-state index contributed by atoms with van der Waals surface area (Å²) in [4.78, 5) is 17.5. The van der Waals surface area contributed by atoms with E-state index in [0.717, 1.165) is 28.1 Å². The number of aromatic nitrogens is 1. The lowest BCUT2D eigenvalue weighted by atomic mass is 9.99. The Balaban J connectivity index is 1.57. The molecule has 4 aromatic rings. The molecule has 0 spiro atoms. The van der Waals surface area contributed by atoms with Crippen LogP contribution < -0.4 is 19.5 Å². The Hall–Kier alpha value is -4.48. The molecular weight excluding hydrogens is 498 g/mol. The van der Waals surface area contributed by atoms with E-state index in [0.29, 0.717) is 33.5 Å². The van der Waals surface area contributed by atoms with E-state index in [1.54, 1.807) is 39.5 Å². The normalized spacial score (nSPS) is 10.4. The maximum atomic E-state index is 12.7. The number of nitrogens with zero attached hydrogens (tertiary/aromatic N) is 2. The van der Waals surface area contributed by atoms with E-state index in [4.69, 9.17) is 19.2 Å². The molecule has 3 aromatic carbocycles. The van der Waals surface area contributed by atoms with Crippen LogP contribution in [0.4, 0.5) is 5.69 Å². The van der Waals surface area contributed by atoms with E-state index in [9.17, 15) is 10.1 Å². The first-order chi connectivity index (χ1) is 18.5. The smallest absolute Gasteiger partial charge is 0.225 e. The number of hydrogen-bond donors (Lipinski definition) is 1. The number of pyridine rings is 1. The number of anilines is 1. The second-order valence-corrected chi connectivity index (χ2v) is 9.27. The van der Waals surface area contributed by atoms with Gasteiger partial charge in [0.05, 0.1) is 32.6 Å². The van der Waals surface area contributed by atoms with E-state index in [1.807, 2.05) is 60.7 Å². The summed E-state index contributed by atoms with van der Waals surface area (Å²) in [5.41, 5.74) is 4.41. The Morgan fingerprint density at radius 3 is 2.13 bits per heavy atom. The molecule has 1 heterocycles. The van der Waals surface area contributed by atoms with Crippen molar-refractivity contribution >= 4 is 23.4 Å². The summed E-state index contributed by atoms with van der Waals surface area (Å²) in [6, 6.07) is 26.9. The molecule has 7 nitrogen and oxygen atoms in total. The molecule has 38 heavy (non-hydrogen) atoms. The highest BCUT2D eigenvalue weighted by Crippen LogP contribution is 2.35. The van der Waals surface area contributed by atoms with Gasteiger partial charge in [0.25, 0.3) is 0 Å². The maximum absolute atomic E-state index is 12.7. The van der Waals surface area contributed by atoms with E-state index < -0.39 is 0 Å². The SMILES string of the molecule is COc1ccc(-c2cc(-c3ccccc3)nc(SCCC(=O)Nc3cc(OC)cc(OC)c3)c2C#N)cc1. The van der Waals surface area contributed by atoms with Crippen LogP contribution in [0, 0.1) is 11.3 Å². The minimum atomic E-state index is -0.166. The van der Waals surface area contributed by atoms with Crippen molar-refractivity contribution in [1.82, 2.24) is 4.98 Å². The van der Waals surface area contributed by atoms with Crippen molar-refractivity contribution in [3.63, 3.8) is 0 Å². The van der Waals surface area contributed by atoms with Crippen molar-refractivity contribution in [2.24, 2.45) is 0 Å². The van der Waals surface area contributed by atoms with Crippen molar-refractivity contribution in [3.8, 4) is 45.7 Å². The Morgan fingerprint density at radius 2 is 1.53 bits per heavy atom. The van der Waals surface area contributed by atoms with Gasteiger partial charge >= 0.3 is 0 Å². The number of nitrogens with one attached hydrogen (secondary N) is 1. The lowest BCUT2D eigenvalue weighted by Crippen LogP contribution is -2.12. The number of hydrogen-bond acceptors (Lipinski definition) is 7. The highest BCUT2D eigenvalue weighted by molar-refractivity contribution is 7.99. The molecule has 0 aliphatic rings. The third kappa shape index (κ3) is 6.44. The van der Waals surface area contributed by atoms with Gasteiger partial charge in [-0.15, -0.1) is 11.8 Å². The van der Waals surface area contributed by atoms with E-state index in [1.165, 1.54) is 11.8 Å². The van der Waals surface area contributed by atoms with Gasteiger partial charge in [0.1, 0.15) is 28.3 Å². The lowest BCUT2D eigenvalue weighted by Gasteiger charge is -2.13. The maximum Gasteiger partial charge on any atom is 0.225 e. The molecule has 192 valence electrons. The number of rotatable bonds is 10. The zero-order chi connectivity index (χ0) is 26.9. The fourth-order valence-corrected chi connectivity index (χ4v) is 4.78. The highest BCUT2D eigenvalue weighted by atomic mass is 32.2. The van der Waals surface area contributed by atoms with Crippen molar-refractivity contribution in [3.05, 3.63) is 84.4 Å². The quantitative estimate of drug-likeness (QED) is 0.238. The average molecular weight is 526 g/mol. The average Bonchev–Trinajstić information content (AvgIpc) is 2.97. The first-order valence-electron chi connectivity index (χ1n) is 11.8. The van der Waals surface area contributed by atoms with Crippen LogP contribution in [0.2, 0.25) is 0 Å². The first-order valence-corrected chi connectivity index (χ1v) is 12.8. The van der Waals surface area contributed by atoms with Crippen LogP contribution in [-0.2, 0) is 4.79 Å². The molecule has 0 saturated heterocycles. The van der Waals surface area contributed by atoms with E-state index in [2.05, 4.69) is 11.4 Å². The lowest BCUT2D eigenvalue weighted by molar-refractivity contribution is -0.115. The molecule has 0 fully saturated rings. The third-order valence-corrected chi connectivity index (χ3v) is 6.75. The largest absolute Gasteiger partial charge is 0.497 e. The highest BCUT2D eigenvalue weighted by Gasteiger charge is 2.17. The molecule has 1 N–H and O–H groups in total. The predicted molar refractivity (Wildman–Crippen MR) is 150 cm³/mol. The molecule has 0 aliphatic heterocycles. The number of carbonyl (C=O) groups excluding carboxylic acids is 1. The summed E-state index contributed by atoms with van der Waals surface area (Å²) in [5.74, 6) is 2.18. The van der Waals surface area contributed by atoms with Crippen LogP contribution in [0.1, 0.15) is 12.0 Å². The van der Waals surface area contributed by atoms with Gasteiger partial charge < -0.3 is 19.5 Å². The standard InChI is InChI=1S/C30H27N3O4S/c1-35-23-11-9-20(10-12-23)26-18-28(21-7-5-4-6-8-21)33-30(27(26)19-31)38-14-13-29(34)32-22-15-24(36-2)17-25(16-22)37-3/h4-12,15-18H,13-14H2,1-3H3,(H,32,34). The van der Waals surface area contributed by atoms with Crippen LogP contribution >= 0.6 is 11.8 Å². The second-order valence-electron chi connectivity index (χ2n) is 8.19.